The lowest BCUT2D eigenvalue weighted by atomic mass is 10.1. The molecule has 92 valence electrons. The molecule has 3 rings (SSSR count). The molecule has 0 radical (unpaired) electrons. The Labute approximate surface area is 104 Å². The van der Waals surface area contributed by atoms with Crippen molar-refractivity contribution in [3.63, 3.8) is 0 Å². The van der Waals surface area contributed by atoms with Gasteiger partial charge < -0.3 is 9.64 Å². The Kier molecular flexibility index (Phi) is 2.90. The quantitative estimate of drug-likeness (QED) is 0.752. The van der Waals surface area contributed by atoms with Gasteiger partial charge >= 0.3 is 0 Å². The van der Waals surface area contributed by atoms with Crippen LogP contribution in [0.15, 0.2) is 30.6 Å². The molecule has 0 spiro atoms. The number of ether oxygens (including phenoxy) is 1. The number of hydrogen-bond donors (Lipinski definition) is 0. The van der Waals surface area contributed by atoms with Gasteiger partial charge in [-0.15, -0.1) is 0 Å². The van der Waals surface area contributed by atoms with Crippen molar-refractivity contribution in [2.75, 3.05) is 26.3 Å². The monoisotopic (exact) mass is 243 g/mol. The minimum atomic E-state index is 0.0528. The van der Waals surface area contributed by atoms with Crippen molar-refractivity contribution in [1.82, 2.24) is 15.1 Å². The summed E-state index contributed by atoms with van der Waals surface area (Å²) in [5.74, 6) is 0.0528. The van der Waals surface area contributed by atoms with Gasteiger partial charge in [-0.25, -0.2) is 0 Å². The van der Waals surface area contributed by atoms with Gasteiger partial charge in [-0.1, -0.05) is 6.07 Å². The first-order valence-electron chi connectivity index (χ1n) is 5.92. The third-order valence-corrected chi connectivity index (χ3v) is 3.09. The molecule has 5 nitrogen and oxygen atoms in total. The van der Waals surface area contributed by atoms with Gasteiger partial charge in [-0.05, 0) is 12.1 Å². The molecular weight excluding hydrogens is 230 g/mol. The lowest BCUT2D eigenvalue weighted by Gasteiger charge is -2.26. The number of rotatable bonds is 1. The highest BCUT2D eigenvalue weighted by molar-refractivity contribution is 5.98. The van der Waals surface area contributed by atoms with E-state index in [9.17, 15) is 4.79 Å². The SMILES string of the molecule is O=C(c1ccc2cnncc2c1)N1CCOCC1. The topological polar surface area (TPSA) is 55.3 Å². The number of benzene rings is 1. The molecule has 0 saturated carbocycles. The number of fused-ring (bicyclic) bond motifs is 1. The van der Waals surface area contributed by atoms with Crippen LogP contribution in [0.1, 0.15) is 10.4 Å². The second kappa shape index (κ2) is 4.70. The first kappa shape index (κ1) is 11.1. The highest BCUT2D eigenvalue weighted by Gasteiger charge is 2.18. The smallest absolute Gasteiger partial charge is 0.254 e. The molecule has 1 amide bonds. The Balaban J connectivity index is 1.91. The van der Waals surface area contributed by atoms with Gasteiger partial charge in [0, 0.05) is 29.4 Å². The Morgan fingerprint density at radius 2 is 1.83 bits per heavy atom. The highest BCUT2D eigenvalue weighted by atomic mass is 16.5. The number of aromatic nitrogens is 2. The van der Waals surface area contributed by atoms with Gasteiger partial charge in [0.1, 0.15) is 0 Å². The lowest BCUT2D eigenvalue weighted by Crippen LogP contribution is -2.40. The summed E-state index contributed by atoms with van der Waals surface area (Å²) in [5, 5.41) is 9.57. The zero-order valence-corrected chi connectivity index (χ0v) is 9.87. The molecule has 0 N–H and O–H groups in total. The fraction of sp³-hybridized carbons (Fsp3) is 0.308. The van der Waals surface area contributed by atoms with E-state index in [1.54, 1.807) is 12.4 Å². The minimum absolute atomic E-state index is 0.0528. The van der Waals surface area contributed by atoms with E-state index in [0.717, 1.165) is 10.8 Å². The molecular formula is C13H13N3O2. The summed E-state index contributed by atoms with van der Waals surface area (Å²) in [7, 11) is 0. The number of morpholine rings is 1. The lowest BCUT2D eigenvalue weighted by molar-refractivity contribution is 0.0303. The van der Waals surface area contributed by atoms with Crippen LogP contribution < -0.4 is 0 Å². The Morgan fingerprint density at radius 1 is 1.11 bits per heavy atom. The normalized spacial score (nSPS) is 15.9. The van der Waals surface area contributed by atoms with Crippen LogP contribution in [0.3, 0.4) is 0 Å². The molecule has 5 heteroatoms. The first-order valence-corrected chi connectivity index (χ1v) is 5.92. The molecule has 2 heterocycles. The van der Waals surface area contributed by atoms with Gasteiger partial charge in [0.25, 0.3) is 5.91 Å². The van der Waals surface area contributed by atoms with E-state index >= 15 is 0 Å². The molecule has 1 aliphatic heterocycles. The van der Waals surface area contributed by atoms with Gasteiger partial charge in [-0.2, -0.15) is 10.2 Å². The number of carbonyl (C=O) groups excluding carboxylic acids is 1. The zero-order chi connectivity index (χ0) is 12.4. The van der Waals surface area contributed by atoms with Crippen LogP contribution in [0.2, 0.25) is 0 Å². The molecule has 1 aromatic carbocycles. The van der Waals surface area contributed by atoms with Crippen molar-refractivity contribution in [3.8, 4) is 0 Å². The van der Waals surface area contributed by atoms with E-state index in [2.05, 4.69) is 10.2 Å². The van der Waals surface area contributed by atoms with Crippen LogP contribution in [0.5, 0.6) is 0 Å². The van der Waals surface area contributed by atoms with Crippen LogP contribution >= 0.6 is 0 Å². The van der Waals surface area contributed by atoms with Crippen molar-refractivity contribution in [2.45, 2.75) is 0 Å². The standard InChI is InChI=1S/C13H13N3O2/c17-13(16-3-5-18-6-4-16)10-1-2-11-8-14-15-9-12(11)7-10/h1-2,7-9H,3-6H2. The van der Waals surface area contributed by atoms with E-state index in [-0.39, 0.29) is 5.91 Å². The maximum Gasteiger partial charge on any atom is 0.254 e. The predicted molar refractivity (Wildman–Crippen MR) is 66.3 cm³/mol. The summed E-state index contributed by atoms with van der Waals surface area (Å²) in [5.41, 5.74) is 0.692. The molecule has 0 atom stereocenters. The number of nitrogens with zero attached hydrogens (tertiary/aromatic N) is 3. The van der Waals surface area contributed by atoms with Gasteiger partial charge in [-0.3, -0.25) is 4.79 Å². The van der Waals surface area contributed by atoms with Crippen molar-refractivity contribution in [1.29, 1.82) is 0 Å². The van der Waals surface area contributed by atoms with E-state index < -0.39 is 0 Å². The molecule has 0 aliphatic carbocycles. The summed E-state index contributed by atoms with van der Waals surface area (Å²) in [4.78, 5) is 14.1. The van der Waals surface area contributed by atoms with Crippen LogP contribution in [-0.2, 0) is 4.74 Å². The summed E-state index contributed by atoms with van der Waals surface area (Å²) in [6, 6.07) is 5.60. The maximum atomic E-state index is 12.3. The Morgan fingerprint density at radius 3 is 2.61 bits per heavy atom. The van der Waals surface area contributed by atoms with E-state index in [1.807, 2.05) is 23.1 Å². The second-order valence-electron chi connectivity index (χ2n) is 4.24. The summed E-state index contributed by atoms with van der Waals surface area (Å²) < 4.78 is 5.24. The maximum absolute atomic E-state index is 12.3. The third-order valence-electron chi connectivity index (χ3n) is 3.09. The molecule has 0 bridgehead atoms. The Bertz CT molecular complexity index is 579. The number of carbonyl (C=O) groups is 1. The zero-order valence-electron chi connectivity index (χ0n) is 9.87. The fourth-order valence-corrected chi connectivity index (χ4v) is 2.08. The number of amides is 1. The van der Waals surface area contributed by atoms with Crippen LogP contribution in [0, 0.1) is 0 Å². The van der Waals surface area contributed by atoms with Crippen LogP contribution in [0.25, 0.3) is 10.8 Å². The summed E-state index contributed by atoms with van der Waals surface area (Å²) >= 11 is 0. The first-order chi connectivity index (χ1) is 8.84. The third kappa shape index (κ3) is 2.04. The van der Waals surface area contributed by atoms with Gasteiger partial charge in [0.15, 0.2) is 0 Å². The van der Waals surface area contributed by atoms with Crippen LogP contribution in [-0.4, -0.2) is 47.3 Å². The molecule has 2 aromatic rings. The van der Waals surface area contributed by atoms with E-state index in [4.69, 9.17) is 4.74 Å². The fourth-order valence-electron chi connectivity index (χ4n) is 2.08. The van der Waals surface area contributed by atoms with Crippen LogP contribution in [0.4, 0.5) is 0 Å². The average molecular weight is 243 g/mol. The Hall–Kier alpha value is -2.01. The molecule has 18 heavy (non-hydrogen) atoms. The average Bonchev–Trinajstić information content (AvgIpc) is 2.47. The molecule has 1 saturated heterocycles. The van der Waals surface area contributed by atoms with E-state index in [0.29, 0.717) is 31.9 Å². The van der Waals surface area contributed by atoms with Crippen molar-refractivity contribution < 1.29 is 9.53 Å². The predicted octanol–water partition coefficient (Wildman–Crippen LogP) is 1.10. The van der Waals surface area contributed by atoms with Crippen molar-refractivity contribution in [2.24, 2.45) is 0 Å². The molecule has 1 aliphatic rings. The van der Waals surface area contributed by atoms with E-state index in [1.165, 1.54) is 0 Å². The molecule has 0 unspecified atom stereocenters. The van der Waals surface area contributed by atoms with Crippen molar-refractivity contribution >= 4 is 16.7 Å². The second-order valence-corrected chi connectivity index (χ2v) is 4.24. The molecule has 1 fully saturated rings. The summed E-state index contributed by atoms with van der Waals surface area (Å²) in [6.45, 7) is 2.55. The minimum Gasteiger partial charge on any atom is -0.378 e. The van der Waals surface area contributed by atoms with Gasteiger partial charge in [0.05, 0.1) is 25.6 Å². The van der Waals surface area contributed by atoms with Crippen molar-refractivity contribution in [3.05, 3.63) is 36.2 Å². The van der Waals surface area contributed by atoms with Gasteiger partial charge in [0.2, 0.25) is 0 Å². The number of hydrogen-bond acceptors (Lipinski definition) is 4. The largest absolute Gasteiger partial charge is 0.378 e. The highest BCUT2D eigenvalue weighted by Crippen LogP contribution is 2.15. The summed E-state index contributed by atoms with van der Waals surface area (Å²) in [6.07, 6.45) is 3.36. The molecule has 1 aromatic heterocycles.